The molecule has 0 spiro atoms. The van der Waals surface area contributed by atoms with E-state index < -0.39 is 5.97 Å². The Morgan fingerprint density at radius 2 is 1.95 bits per heavy atom. The van der Waals surface area contributed by atoms with E-state index in [2.05, 4.69) is 22.3 Å². The van der Waals surface area contributed by atoms with Crippen molar-refractivity contribution in [1.82, 2.24) is 5.32 Å². The van der Waals surface area contributed by atoms with Crippen LogP contribution < -0.4 is 10.6 Å². The van der Waals surface area contributed by atoms with Gasteiger partial charge in [-0.3, -0.25) is 4.79 Å². The maximum Gasteiger partial charge on any atom is 0.339 e. The van der Waals surface area contributed by atoms with Gasteiger partial charge in [-0.05, 0) is 25.1 Å². The molecule has 2 N–H and O–H groups in total. The zero-order chi connectivity index (χ0) is 14.8. The average molecular weight is 278 g/mol. The van der Waals surface area contributed by atoms with Crippen LogP contribution in [0, 0.1) is 0 Å². The SMILES string of the molecule is CCCCNCCC(=O)Nc1ccccc1C(=O)OC. The molecule has 0 saturated heterocycles. The monoisotopic (exact) mass is 278 g/mol. The standard InChI is InChI=1S/C15H22N2O3/c1-3-4-10-16-11-9-14(18)17-13-8-6-5-7-12(13)15(19)20-2/h5-8,16H,3-4,9-11H2,1-2H3,(H,17,18). The summed E-state index contributed by atoms with van der Waals surface area (Å²) in [5.74, 6) is -0.577. The van der Waals surface area contributed by atoms with E-state index >= 15 is 0 Å². The lowest BCUT2D eigenvalue weighted by atomic mass is 10.1. The number of carbonyl (C=O) groups excluding carboxylic acids is 2. The smallest absolute Gasteiger partial charge is 0.339 e. The third-order valence-corrected chi connectivity index (χ3v) is 2.84. The minimum atomic E-state index is -0.457. The van der Waals surface area contributed by atoms with Crippen LogP contribution in [0.25, 0.3) is 0 Å². The van der Waals surface area contributed by atoms with Gasteiger partial charge >= 0.3 is 5.97 Å². The van der Waals surface area contributed by atoms with Crippen LogP contribution in [0.1, 0.15) is 36.5 Å². The zero-order valence-electron chi connectivity index (χ0n) is 12.1. The summed E-state index contributed by atoms with van der Waals surface area (Å²) in [6.45, 7) is 3.67. The predicted molar refractivity (Wildman–Crippen MR) is 78.8 cm³/mol. The Morgan fingerprint density at radius 3 is 2.65 bits per heavy atom. The lowest BCUT2D eigenvalue weighted by molar-refractivity contribution is -0.116. The van der Waals surface area contributed by atoms with Crippen LogP contribution in [-0.4, -0.2) is 32.1 Å². The molecule has 0 atom stereocenters. The summed E-state index contributed by atoms with van der Waals surface area (Å²) in [6.07, 6.45) is 2.61. The summed E-state index contributed by atoms with van der Waals surface area (Å²) in [6, 6.07) is 6.81. The van der Waals surface area contributed by atoms with E-state index in [4.69, 9.17) is 0 Å². The van der Waals surface area contributed by atoms with Crippen molar-refractivity contribution in [3.8, 4) is 0 Å². The summed E-state index contributed by atoms with van der Waals surface area (Å²) in [7, 11) is 1.32. The van der Waals surface area contributed by atoms with Crippen molar-refractivity contribution in [2.24, 2.45) is 0 Å². The molecule has 110 valence electrons. The average Bonchev–Trinajstić information content (AvgIpc) is 2.47. The van der Waals surface area contributed by atoms with Crippen molar-refractivity contribution in [3.05, 3.63) is 29.8 Å². The zero-order valence-corrected chi connectivity index (χ0v) is 12.1. The molecule has 0 aliphatic heterocycles. The first-order valence-corrected chi connectivity index (χ1v) is 6.87. The highest BCUT2D eigenvalue weighted by Crippen LogP contribution is 2.16. The minimum absolute atomic E-state index is 0.120. The molecular weight excluding hydrogens is 256 g/mol. The molecule has 0 unspecified atom stereocenters. The molecule has 0 heterocycles. The Hall–Kier alpha value is -1.88. The van der Waals surface area contributed by atoms with Crippen molar-refractivity contribution in [2.45, 2.75) is 26.2 Å². The molecule has 0 fully saturated rings. The normalized spacial score (nSPS) is 10.1. The Labute approximate surface area is 119 Å². The van der Waals surface area contributed by atoms with Gasteiger partial charge in [-0.25, -0.2) is 4.79 Å². The molecule has 20 heavy (non-hydrogen) atoms. The van der Waals surface area contributed by atoms with Crippen LogP contribution in [-0.2, 0) is 9.53 Å². The molecule has 5 heteroatoms. The van der Waals surface area contributed by atoms with Gasteiger partial charge in [0.15, 0.2) is 0 Å². The highest BCUT2D eigenvalue weighted by atomic mass is 16.5. The number of unbranched alkanes of at least 4 members (excludes halogenated alkanes) is 1. The predicted octanol–water partition coefficient (Wildman–Crippen LogP) is 2.19. The number of ether oxygens (including phenoxy) is 1. The first-order valence-electron chi connectivity index (χ1n) is 6.87. The van der Waals surface area contributed by atoms with Crippen LogP contribution in [0.15, 0.2) is 24.3 Å². The number of esters is 1. The fourth-order valence-corrected chi connectivity index (χ4v) is 1.72. The molecule has 5 nitrogen and oxygen atoms in total. The van der Waals surface area contributed by atoms with Crippen LogP contribution >= 0.6 is 0 Å². The fraction of sp³-hybridized carbons (Fsp3) is 0.467. The number of amides is 1. The quantitative estimate of drug-likeness (QED) is 0.565. The van der Waals surface area contributed by atoms with Gasteiger partial charge in [0.25, 0.3) is 0 Å². The van der Waals surface area contributed by atoms with Crippen LogP contribution in [0.5, 0.6) is 0 Å². The van der Waals surface area contributed by atoms with Crippen molar-refractivity contribution in [2.75, 3.05) is 25.5 Å². The second kappa shape index (κ2) is 9.09. The summed E-state index contributed by atoms with van der Waals surface area (Å²) < 4.78 is 4.68. The highest BCUT2D eigenvalue weighted by Gasteiger charge is 2.12. The topological polar surface area (TPSA) is 67.4 Å². The van der Waals surface area contributed by atoms with Gasteiger partial charge in [0, 0.05) is 13.0 Å². The van der Waals surface area contributed by atoms with Gasteiger partial charge in [0.05, 0.1) is 18.4 Å². The first-order chi connectivity index (χ1) is 9.69. The molecule has 0 bridgehead atoms. The highest BCUT2D eigenvalue weighted by molar-refractivity contribution is 6.01. The molecule has 1 amide bonds. The van der Waals surface area contributed by atoms with E-state index in [1.165, 1.54) is 7.11 Å². The van der Waals surface area contributed by atoms with Gasteiger partial charge in [-0.15, -0.1) is 0 Å². The maximum atomic E-state index is 11.8. The fourth-order valence-electron chi connectivity index (χ4n) is 1.72. The van der Waals surface area contributed by atoms with E-state index in [9.17, 15) is 9.59 Å². The van der Waals surface area contributed by atoms with Crippen LogP contribution in [0.4, 0.5) is 5.69 Å². The number of methoxy groups -OCH3 is 1. The summed E-state index contributed by atoms with van der Waals surface area (Å²) in [5, 5.41) is 5.94. The molecule has 0 aromatic heterocycles. The van der Waals surface area contributed by atoms with Crippen molar-refractivity contribution < 1.29 is 14.3 Å². The Kier molecular flexibility index (Phi) is 7.35. The molecule has 0 radical (unpaired) electrons. The summed E-state index contributed by atoms with van der Waals surface area (Å²) in [5.41, 5.74) is 0.847. The molecule has 1 aromatic carbocycles. The number of hydrogen-bond donors (Lipinski definition) is 2. The number of hydrogen-bond acceptors (Lipinski definition) is 4. The molecule has 0 saturated carbocycles. The van der Waals surface area contributed by atoms with Gasteiger partial charge in [-0.2, -0.15) is 0 Å². The second-order valence-corrected chi connectivity index (χ2v) is 4.44. The van der Waals surface area contributed by atoms with Crippen molar-refractivity contribution >= 4 is 17.6 Å². The van der Waals surface area contributed by atoms with Gasteiger partial charge < -0.3 is 15.4 Å². The molecular formula is C15H22N2O3. The van der Waals surface area contributed by atoms with E-state index in [-0.39, 0.29) is 5.91 Å². The Morgan fingerprint density at radius 1 is 1.20 bits per heavy atom. The lowest BCUT2D eigenvalue weighted by Gasteiger charge is -2.09. The molecule has 1 aromatic rings. The van der Waals surface area contributed by atoms with E-state index in [1.807, 2.05) is 0 Å². The van der Waals surface area contributed by atoms with Gasteiger partial charge in [-0.1, -0.05) is 25.5 Å². The number of nitrogens with one attached hydrogen (secondary N) is 2. The van der Waals surface area contributed by atoms with E-state index in [0.29, 0.717) is 24.2 Å². The van der Waals surface area contributed by atoms with Gasteiger partial charge in [0.2, 0.25) is 5.91 Å². The number of para-hydroxylation sites is 1. The maximum absolute atomic E-state index is 11.8. The number of carbonyl (C=O) groups is 2. The van der Waals surface area contributed by atoms with Crippen molar-refractivity contribution in [3.63, 3.8) is 0 Å². The minimum Gasteiger partial charge on any atom is -0.465 e. The molecule has 1 rings (SSSR count). The van der Waals surface area contributed by atoms with Crippen LogP contribution in [0.3, 0.4) is 0 Å². The van der Waals surface area contributed by atoms with Crippen LogP contribution in [0.2, 0.25) is 0 Å². The molecule has 0 aliphatic rings. The third-order valence-electron chi connectivity index (χ3n) is 2.84. The first kappa shape index (κ1) is 16.2. The van der Waals surface area contributed by atoms with E-state index in [0.717, 1.165) is 19.4 Å². The third kappa shape index (κ3) is 5.40. The second-order valence-electron chi connectivity index (χ2n) is 4.44. The Balaban J connectivity index is 2.47. The molecule has 0 aliphatic carbocycles. The summed E-state index contributed by atoms with van der Waals surface area (Å²) >= 11 is 0. The number of benzene rings is 1. The lowest BCUT2D eigenvalue weighted by Crippen LogP contribution is -2.23. The summed E-state index contributed by atoms with van der Waals surface area (Å²) in [4.78, 5) is 23.4. The largest absolute Gasteiger partial charge is 0.465 e. The number of rotatable bonds is 8. The number of anilines is 1. The van der Waals surface area contributed by atoms with Gasteiger partial charge in [0.1, 0.15) is 0 Å². The Bertz CT molecular complexity index is 446. The van der Waals surface area contributed by atoms with E-state index in [1.54, 1.807) is 24.3 Å². The van der Waals surface area contributed by atoms with Crippen molar-refractivity contribution in [1.29, 1.82) is 0 Å².